The van der Waals surface area contributed by atoms with Crippen molar-refractivity contribution in [3.05, 3.63) is 29.6 Å². The minimum absolute atomic E-state index is 0.00728. The van der Waals surface area contributed by atoms with Gasteiger partial charge >= 0.3 is 5.97 Å². The fourth-order valence-corrected chi connectivity index (χ4v) is 3.43. The molecule has 1 aromatic rings. The Hall–Kier alpha value is -2.16. The number of amides is 1. The maximum absolute atomic E-state index is 13.5. The molecule has 24 heavy (non-hydrogen) atoms. The van der Waals surface area contributed by atoms with Crippen molar-refractivity contribution in [3.63, 3.8) is 0 Å². The number of nitrogens with one attached hydrogen (secondary N) is 1. The number of anilines is 1. The molecule has 0 aliphatic carbocycles. The smallest absolute Gasteiger partial charge is 0.308 e. The van der Waals surface area contributed by atoms with Crippen LogP contribution in [0, 0.1) is 17.7 Å². The predicted molar refractivity (Wildman–Crippen MR) is 85.7 cm³/mol. The van der Waals surface area contributed by atoms with E-state index in [1.165, 1.54) is 11.0 Å². The molecular formula is C15H19FN2O5S. The zero-order valence-electron chi connectivity index (χ0n) is 13.3. The van der Waals surface area contributed by atoms with Crippen molar-refractivity contribution in [1.29, 1.82) is 0 Å². The van der Waals surface area contributed by atoms with Crippen LogP contribution in [0.3, 0.4) is 0 Å². The van der Waals surface area contributed by atoms with Crippen molar-refractivity contribution in [3.8, 4) is 0 Å². The van der Waals surface area contributed by atoms with Gasteiger partial charge in [0.25, 0.3) is 5.91 Å². The number of benzene rings is 1. The van der Waals surface area contributed by atoms with Crippen molar-refractivity contribution in [2.75, 3.05) is 24.1 Å². The molecule has 0 aromatic heterocycles. The van der Waals surface area contributed by atoms with E-state index in [0.717, 1.165) is 18.4 Å². The maximum Gasteiger partial charge on any atom is 0.308 e. The van der Waals surface area contributed by atoms with Gasteiger partial charge in [0, 0.05) is 13.1 Å². The van der Waals surface area contributed by atoms with Crippen molar-refractivity contribution in [2.24, 2.45) is 11.8 Å². The van der Waals surface area contributed by atoms with Crippen LogP contribution < -0.4 is 4.72 Å². The average molecular weight is 358 g/mol. The summed E-state index contributed by atoms with van der Waals surface area (Å²) in [5.41, 5.74) is -0.173. The first-order valence-electron chi connectivity index (χ1n) is 7.36. The SMILES string of the molecule is CC1CC(C(=O)O)CN(C(=O)c2cc(F)ccc2NS(C)(=O)=O)C1. The van der Waals surface area contributed by atoms with Gasteiger partial charge in [0.15, 0.2) is 0 Å². The standard InChI is InChI=1S/C15H19FN2O5S/c1-9-5-10(15(20)21)8-18(7-9)14(19)12-6-11(16)3-4-13(12)17-24(2,22)23/h3-4,6,9-10,17H,5,7-8H2,1-2H3,(H,20,21). The highest BCUT2D eigenvalue weighted by Crippen LogP contribution is 2.26. The maximum atomic E-state index is 13.5. The van der Waals surface area contributed by atoms with Gasteiger partial charge in [-0.3, -0.25) is 14.3 Å². The van der Waals surface area contributed by atoms with E-state index in [0.29, 0.717) is 13.0 Å². The van der Waals surface area contributed by atoms with E-state index >= 15 is 0 Å². The molecule has 1 aromatic carbocycles. The average Bonchev–Trinajstić information content (AvgIpc) is 2.46. The number of sulfonamides is 1. The van der Waals surface area contributed by atoms with E-state index in [-0.39, 0.29) is 23.7 Å². The van der Waals surface area contributed by atoms with Crippen LogP contribution >= 0.6 is 0 Å². The Balaban J connectivity index is 2.34. The monoisotopic (exact) mass is 358 g/mol. The summed E-state index contributed by atoms with van der Waals surface area (Å²) in [6, 6.07) is 3.17. The van der Waals surface area contributed by atoms with Gasteiger partial charge in [-0.15, -0.1) is 0 Å². The molecule has 2 N–H and O–H groups in total. The van der Waals surface area contributed by atoms with Crippen molar-refractivity contribution in [2.45, 2.75) is 13.3 Å². The summed E-state index contributed by atoms with van der Waals surface area (Å²) in [6.45, 7) is 2.17. The van der Waals surface area contributed by atoms with Crippen LogP contribution in [0.15, 0.2) is 18.2 Å². The number of halogens is 1. The molecule has 9 heteroatoms. The molecule has 2 rings (SSSR count). The summed E-state index contributed by atoms with van der Waals surface area (Å²) < 4.78 is 38.6. The second-order valence-corrected chi connectivity index (χ2v) is 7.90. The molecule has 132 valence electrons. The zero-order chi connectivity index (χ0) is 18.1. The molecule has 1 saturated heterocycles. The van der Waals surface area contributed by atoms with E-state index < -0.39 is 33.6 Å². The van der Waals surface area contributed by atoms with E-state index in [2.05, 4.69) is 4.72 Å². The minimum atomic E-state index is -3.65. The largest absolute Gasteiger partial charge is 0.481 e. The molecule has 0 radical (unpaired) electrons. The Labute approximate surface area is 139 Å². The summed E-state index contributed by atoms with van der Waals surface area (Å²) in [5, 5.41) is 9.19. The highest BCUT2D eigenvalue weighted by atomic mass is 32.2. The summed E-state index contributed by atoms with van der Waals surface area (Å²) >= 11 is 0. The topological polar surface area (TPSA) is 104 Å². The first-order valence-corrected chi connectivity index (χ1v) is 9.25. The number of likely N-dealkylation sites (tertiary alicyclic amines) is 1. The number of carboxylic acid groups (broad SMARTS) is 1. The Morgan fingerprint density at radius 1 is 1.33 bits per heavy atom. The Morgan fingerprint density at radius 3 is 2.58 bits per heavy atom. The number of piperidine rings is 1. The van der Waals surface area contributed by atoms with E-state index in [9.17, 15) is 27.5 Å². The highest BCUT2D eigenvalue weighted by Gasteiger charge is 2.33. The lowest BCUT2D eigenvalue weighted by Crippen LogP contribution is -2.45. The van der Waals surface area contributed by atoms with E-state index in [1.54, 1.807) is 0 Å². The third kappa shape index (κ3) is 4.44. The van der Waals surface area contributed by atoms with Crippen LogP contribution in [-0.2, 0) is 14.8 Å². The van der Waals surface area contributed by atoms with Crippen molar-refractivity contribution < 1.29 is 27.5 Å². The lowest BCUT2D eigenvalue weighted by Gasteiger charge is -2.35. The molecule has 7 nitrogen and oxygen atoms in total. The van der Waals surface area contributed by atoms with Crippen LogP contribution in [0.2, 0.25) is 0 Å². The number of carbonyl (C=O) groups is 2. The number of hydrogen-bond donors (Lipinski definition) is 2. The molecule has 0 bridgehead atoms. The number of nitrogens with zero attached hydrogens (tertiary/aromatic N) is 1. The number of hydrogen-bond acceptors (Lipinski definition) is 4. The predicted octanol–water partition coefficient (Wildman–Crippen LogP) is 1.38. The molecule has 1 fully saturated rings. The third-order valence-corrected chi connectivity index (χ3v) is 4.39. The number of aliphatic carboxylic acids is 1. The number of carboxylic acids is 1. The summed E-state index contributed by atoms with van der Waals surface area (Å²) in [4.78, 5) is 25.3. The molecular weight excluding hydrogens is 339 g/mol. The third-order valence-electron chi connectivity index (χ3n) is 3.80. The first kappa shape index (κ1) is 18.2. The Morgan fingerprint density at radius 2 is 2.00 bits per heavy atom. The van der Waals surface area contributed by atoms with Gasteiger partial charge < -0.3 is 10.0 Å². The number of rotatable bonds is 4. The highest BCUT2D eigenvalue weighted by molar-refractivity contribution is 7.92. The van der Waals surface area contributed by atoms with E-state index in [4.69, 9.17) is 0 Å². The van der Waals surface area contributed by atoms with Crippen molar-refractivity contribution in [1.82, 2.24) is 4.90 Å². The van der Waals surface area contributed by atoms with Crippen LogP contribution in [0.25, 0.3) is 0 Å². The second kappa shape index (κ2) is 6.76. The van der Waals surface area contributed by atoms with Gasteiger partial charge in [-0.1, -0.05) is 6.92 Å². The first-order chi connectivity index (χ1) is 11.1. The van der Waals surface area contributed by atoms with Crippen molar-refractivity contribution >= 4 is 27.6 Å². The lowest BCUT2D eigenvalue weighted by atomic mass is 9.90. The Kier molecular flexibility index (Phi) is 5.12. The minimum Gasteiger partial charge on any atom is -0.481 e. The molecule has 0 saturated carbocycles. The molecule has 1 amide bonds. The van der Waals surface area contributed by atoms with Gasteiger partial charge in [-0.2, -0.15) is 0 Å². The lowest BCUT2D eigenvalue weighted by molar-refractivity contribution is -0.143. The molecule has 2 atom stereocenters. The zero-order valence-corrected chi connectivity index (χ0v) is 14.1. The quantitative estimate of drug-likeness (QED) is 0.846. The van der Waals surface area contributed by atoms with Gasteiger partial charge in [0.1, 0.15) is 5.82 Å². The van der Waals surface area contributed by atoms with Crippen LogP contribution in [-0.4, -0.2) is 49.6 Å². The van der Waals surface area contributed by atoms with Crippen LogP contribution in [0.4, 0.5) is 10.1 Å². The molecule has 0 spiro atoms. The number of carbonyl (C=O) groups excluding carboxylic acids is 1. The van der Waals surface area contributed by atoms with Crippen LogP contribution in [0.1, 0.15) is 23.7 Å². The molecule has 1 aliphatic rings. The van der Waals surface area contributed by atoms with Gasteiger partial charge in [0.05, 0.1) is 23.4 Å². The summed E-state index contributed by atoms with van der Waals surface area (Å²) in [5.74, 6) is -3.00. The van der Waals surface area contributed by atoms with Crippen LogP contribution in [0.5, 0.6) is 0 Å². The second-order valence-electron chi connectivity index (χ2n) is 6.15. The fourth-order valence-electron chi connectivity index (χ4n) is 2.85. The fraction of sp³-hybridized carbons (Fsp3) is 0.467. The van der Waals surface area contributed by atoms with Gasteiger partial charge in [-0.05, 0) is 30.5 Å². The van der Waals surface area contributed by atoms with E-state index in [1.807, 2.05) is 6.92 Å². The van der Waals surface area contributed by atoms with Gasteiger partial charge in [0.2, 0.25) is 10.0 Å². The normalized spacial score (nSPS) is 21.4. The molecule has 2 unspecified atom stereocenters. The van der Waals surface area contributed by atoms with Gasteiger partial charge in [-0.25, -0.2) is 12.8 Å². The Bertz CT molecular complexity index is 765. The molecule has 1 aliphatic heterocycles. The molecule has 1 heterocycles. The summed E-state index contributed by atoms with van der Waals surface area (Å²) in [6.07, 6.45) is 1.38. The summed E-state index contributed by atoms with van der Waals surface area (Å²) in [7, 11) is -3.65.